The normalized spacial score (nSPS) is 31.2. The van der Waals surface area contributed by atoms with Crippen LogP contribution in [0.15, 0.2) is 0 Å². The zero-order valence-corrected chi connectivity index (χ0v) is 9.63. The molecule has 0 spiro atoms. The first-order valence-electron chi connectivity index (χ1n) is 5.22. The second-order valence-electron chi connectivity index (χ2n) is 5.36. The maximum atomic E-state index is 5.79. The zero-order valence-electron chi connectivity index (χ0n) is 9.63. The Labute approximate surface area is 82.3 Å². The van der Waals surface area contributed by atoms with Crippen LogP contribution in [-0.2, 0) is 4.74 Å². The van der Waals surface area contributed by atoms with Crippen molar-refractivity contribution in [2.45, 2.75) is 45.8 Å². The quantitative estimate of drug-likeness (QED) is 0.653. The van der Waals surface area contributed by atoms with Crippen LogP contribution in [0.25, 0.3) is 0 Å². The van der Waals surface area contributed by atoms with Crippen LogP contribution in [0.1, 0.15) is 34.1 Å². The summed E-state index contributed by atoms with van der Waals surface area (Å²) in [6.45, 7) is 10.8. The highest BCUT2D eigenvalue weighted by Crippen LogP contribution is 2.22. The first-order chi connectivity index (χ1) is 5.88. The fraction of sp³-hybridized carbons (Fsp3) is 1.00. The molecule has 2 atom stereocenters. The molecule has 1 fully saturated rings. The third-order valence-corrected chi connectivity index (χ3v) is 2.61. The molecule has 0 aromatic carbocycles. The lowest BCUT2D eigenvalue weighted by atomic mass is 10.1. The van der Waals surface area contributed by atoms with Crippen LogP contribution in [0.4, 0.5) is 0 Å². The summed E-state index contributed by atoms with van der Waals surface area (Å²) in [5.41, 5.74) is 0.00662. The van der Waals surface area contributed by atoms with Gasteiger partial charge in [0.2, 0.25) is 0 Å². The number of rotatable bonds is 2. The van der Waals surface area contributed by atoms with E-state index in [0.717, 1.165) is 12.5 Å². The molecular formula is C11H23NO. The van der Waals surface area contributed by atoms with Crippen LogP contribution in [0, 0.1) is 5.92 Å². The summed E-state index contributed by atoms with van der Waals surface area (Å²) < 4.78 is 5.79. The van der Waals surface area contributed by atoms with E-state index in [1.807, 2.05) is 0 Å². The molecule has 0 radical (unpaired) electrons. The third-order valence-electron chi connectivity index (χ3n) is 2.61. The van der Waals surface area contributed by atoms with Gasteiger partial charge in [-0.3, -0.25) is 0 Å². The van der Waals surface area contributed by atoms with Crippen LogP contribution >= 0.6 is 0 Å². The average Bonchev–Trinajstić information content (AvgIpc) is 2.24. The molecule has 1 unspecified atom stereocenters. The van der Waals surface area contributed by atoms with E-state index in [1.165, 1.54) is 13.0 Å². The minimum atomic E-state index is 0.00662. The van der Waals surface area contributed by atoms with Crippen molar-refractivity contribution >= 4 is 0 Å². The Kier molecular flexibility index (Phi) is 3.36. The van der Waals surface area contributed by atoms with Crippen LogP contribution in [-0.4, -0.2) is 36.7 Å². The minimum Gasteiger partial charge on any atom is -0.374 e. The Morgan fingerprint density at radius 2 is 2.00 bits per heavy atom. The summed E-state index contributed by atoms with van der Waals surface area (Å²) in [5.74, 6) is 0.832. The lowest BCUT2D eigenvalue weighted by Gasteiger charge is -2.25. The van der Waals surface area contributed by atoms with Gasteiger partial charge in [0, 0.05) is 12.6 Å². The average molecular weight is 185 g/mol. The number of hydrogen-bond donors (Lipinski definition) is 0. The number of nitrogens with zero attached hydrogens (tertiary/aromatic N) is 1. The molecule has 1 rings (SSSR count). The molecule has 2 heteroatoms. The van der Waals surface area contributed by atoms with Crippen LogP contribution in [0.5, 0.6) is 0 Å². The van der Waals surface area contributed by atoms with Gasteiger partial charge in [-0.15, -0.1) is 0 Å². The highest BCUT2D eigenvalue weighted by atomic mass is 16.5. The van der Waals surface area contributed by atoms with Gasteiger partial charge in [-0.1, -0.05) is 6.92 Å². The van der Waals surface area contributed by atoms with Crippen molar-refractivity contribution in [1.29, 1.82) is 0 Å². The Bertz CT molecular complexity index is 162. The predicted molar refractivity (Wildman–Crippen MR) is 55.9 cm³/mol. The molecule has 78 valence electrons. The van der Waals surface area contributed by atoms with Crippen molar-refractivity contribution in [1.82, 2.24) is 4.90 Å². The van der Waals surface area contributed by atoms with Crippen molar-refractivity contribution in [3.05, 3.63) is 0 Å². The predicted octanol–water partition coefficient (Wildman–Crippen LogP) is 2.14. The molecule has 0 aromatic rings. The van der Waals surface area contributed by atoms with E-state index in [9.17, 15) is 0 Å². The Balaban J connectivity index is 2.30. The number of hydrogen-bond acceptors (Lipinski definition) is 2. The van der Waals surface area contributed by atoms with Crippen LogP contribution < -0.4 is 0 Å². The van der Waals surface area contributed by atoms with Gasteiger partial charge in [-0.05, 0) is 40.2 Å². The molecule has 0 saturated carbocycles. The summed E-state index contributed by atoms with van der Waals surface area (Å²) in [6, 6.07) is 0.634. The van der Waals surface area contributed by atoms with Gasteiger partial charge in [-0.2, -0.15) is 0 Å². The van der Waals surface area contributed by atoms with E-state index < -0.39 is 0 Å². The first-order valence-corrected chi connectivity index (χ1v) is 5.22. The number of likely N-dealkylation sites (tertiary alicyclic amines) is 1. The fourth-order valence-electron chi connectivity index (χ4n) is 1.90. The van der Waals surface area contributed by atoms with E-state index in [1.54, 1.807) is 0 Å². The van der Waals surface area contributed by atoms with Gasteiger partial charge in [-0.25, -0.2) is 0 Å². The van der Waals surface area contributed by atoms with Crippen molar-refractivity contribution in [3.8, 4) is 0 Å². The minimum absolute atomic E-state index is 0.00662. The lowest BCUT2D eigenvalue weighted by molar-refractivity contribution is -0.0252. The molecule has 0 N–H and O–H groups in total. The molecule has 0 amide bonds. The Morgan fingerprint density at radius 1 is 1.38 bits per heavy atom. The molecular weight excluding hydrogens is 162 g/mol. The van der Waals surface area contributed by atoms with E-state index in [4.69, 9.17) is 4.74 Å². The number of likely N-dealkylation sites (N-methyl/N-ethyl adjacent to an activating group) is 1. The smallest absolute Gasteiger partial charge is 0.0628 e. The van der Waals surface area contributed by atoms with Crippen molar-refractivity contribution in [2.75, 3.05) is 20.2 Å². The summed E-state index contributed by atoms with van der Waals surface area (Å²) in [5, 5.41) is 0. The first kappa shape index (κ1) is 11.0. The zero-order chi connectivity index (χ0) is 10.1. The van der Waals surface area contributed by atoms with Gasteiger partial charge >= 0.3 is 0 Å². The number of ether oxygens (including phenoxy) is 1. The molecule has 0 aromatic heterocycles. The van der Waals surface area contributed by atoms with E-state index >= 15 is 0 Å². The summed E-state index contributed by atoms with van der Waals surface area (Å²) in [4.78, 5) is 2.41. The van der Waals surface area contributed by atoms with Crippen LogP contribution in [0.2, 0.25) is 0 Å². The van der Waals surface area contributed by atoms with E-state index in [-0.39, 0.29) is 5.60 Å². The fourth-order valence-corrected chi connectivity index (χ4v) is 1.90. The SMILES string of the molecule is CC1C[C@H](COC(C)(C)C)N(C)C1. The molecule has 2 nitrogen and oxygen atoms in total. The third kappa shape index (κ3) is 3.65. The molecule has 0 aliphatic carbocycles. The van der Waals surface area contributed by atoms with Gasteiger partial charge < -0.3 is 9.64 Å². The highest BCUT2D eigenvalue weighted by molar-refractivity contribution is 4.81. The maximum absolute atomic E-state index is 5.79. The topological polar surface area (TPSA) is 12.5 Å². The van der Waals surface area contributed by atoms with Crippen molar-refractivity contribution < 1.29 is 4.74 Å². The van der Waals surface area contributed by atoms with E-state index in [0.29, 0.717) is 6.04 Å². The van der Waals surface area contributed by atoms with Gasteiger partial charge in [0.05, 0.1) is 12.2 Å². The molecule has 1 aliphatic rings. The lowest BCUT2D eigenvalue weighted by Crippen LogP contribution is -2.33. The van der Waals surface area contributed by atoms with Crippen LogP contribution in [0.3, 0.4) is 0 Å². The van der Waals surface area contributed by atoms with Gasteiger partial charge in [0.1, 0.15) is 0 Å². The second kappa shape index (κ2) is 3.97. The molecule has 1 aliphatic heterocycles. The molecule has 0 bridgehead atoms. The van der Waals surface area contributed by atoms with Crippen molar-refractivity contribution in [2.24, 2.45) is 5.92 Å². The summed E-state index contributed by atoms with van der Waals surface area (Å²) >= 11 is 0. The molecule has 1 heterocycles. The van der Waals surface area contributed by atoms with Crippen molar-refractivity contribution in [3.63, 3.8) is 0 Å². The Morgan fingerprint density at radius 3 is 2.38 bits per heavy atom. The monoisotopic (exact) mass is 185 g/mol. The summed E-state index contributed by atoms with van der Waals surface area (Å²) in [6.07, 6.45) is 1.28. The molecule has 13 heavy (non-hydrogen) atoms. The standard InChI is InChI=1S/C11H23NO/c1-9-6-10(12(5)7-9)8-13-11(2,3)4/h9-10H,6-8H2,1-5H3/t9?,10-/m1/s1. The maximum Gasteiger partial charge on any atom is 0.0628 e. The van der Waals surface area contributed by atoms with E-state index in [2.05, 4.69) is 39.6 Å². The van der Waals surface area contributed by atoms with Gasteiger partial charge in [0.15, 0.2) is 0 Å². The second-order valence-corrected chi connectivity index (χ2v) is 5.36. The largest absolute Gasteiger partial charge is 0.374 e. The Hall–Kier alpha value is -0.0800. The highest BCUT2D eigenvalue weighted by Gasteiger charge is 2.27. The van der Waals surface area contributed by atoms with Gasteiger partial charge in [0.25, 0.3) is 0 Å². The molecule has 1 saturated heterocycles. The summed E-state index contributed by atoms with van der Waals surface area (Å²) in [7, 11) is 2.19.